The van der Waals surface area contributed by atoms with E-state index >= 15 is 0 Å². The molecular formula is C16H15NO4S. The number of oxazole rings is 1. The highest BCUT2D eigenvalue weighted by Crippen LogP contribution is 2.20. The normalized spacial score (nSPS) is 11.9. The van der Waals surface area contributed by atoms with Gasteiger partial charge in [-0.15, -0.1) is 0 Å². The second-order valence-electron chi connectivity index (χ2n) is 4.94. The van der Waals surface area contributed by atoms with Crippen LogP contribution < -0.4 is 0 Å². The van der Waals surface area contributed by atoms with Gasteiger partial charge in [0.15, 0.2) is 11.5 Å². The zero-order chi connectivity index (χ0) is 15.6. The second kappa shape index (κ2) is 5.90. The molecule has 0 saturated carbocycles. The Morgan fingerprint density at radius 2 is 1.86 bits per heavy atom. The van der Waals surface area contributed by atoms with Crippen molar-refractivity contribution in [1.82, 2.24) is 4.98 Å². The number of hydrogen-bond donors (Lipinski definition) is 0. The van der Waals surface area contributed by atoms with Crippen molar-refractivity contribution in [2.75, 3.05) is 7.11 Å². The van der Waals surface area contributed by atoms with E-state index in [0.29, 0.717) is 29.0 Å². The van der Waals surface area contributed by atoms with Gasteiger partial charge in [0.25, 0.3) is 10.1 Å². The largest absolute Gasteiger partial charge is 0.440 e. The summed E-state index contributed by atoms with van der Waals surface area (Å²) >= 11 is 0. The molecule has 0 atom stereocenters. The van der Waals surface area contributed by atoms with Gasteiger partial charge in [-0.05, 0) is 23.3 Å². The van der Waals surface area contributed by atoms with Gasteiger partial charge in [-0.2, -0.15) is 8.42 Å². The summed E-state index contributed by atoms with van der Waals surface area (Å²) in [5.41, 5.74) is 3.02. The predicted octanol–water partition coefficient (Wildman–Crippen LogP) is 2.89. The van der Waals surface area contributed by atoms with Crippen LogP contribution in [0.5, 0.6) is 0 Å². The van der Waals surface area contributed by atoms with E-state index in [1.54, 1.807) is 18.2 Å². The number of rotatable bonds is 5. The summed E-state index contributed by atoms with van der Waals surface area (Å²) < 4.78 is 33.1. The second-order valence-corrected chi connectivity index (χ2v) is 6.68. The highest BCUT2D eigenvalue weighted by atomic mass is 32.2. The molecule has 0 aliphatic carbocycles. The van der Waals surface area contributed by atoms with E-state index in [2.05, 4.69) is 9.17 Å². The van der Waals surface area contributed by atoms with Gasteiger partial charge in [-0.25, -0.2) is 4.98 Å². The van der Waals surface area contributed by atoms with Crippen molar-refractivity contribution >= 4 is 21.2 Å². The Balaban J connectivity index is 1.87. The maximum Gasteiger partial charge on any atom is 0.271 e. The van der Waals surface area contributed by atoms with Crippen LogP contribution in [0.3, 0.4) is 0 Å². The number of hydrogen-bond acceptors (Lipinski definition) is 5. The smallest absolute Gasteiger partial charge is 0.271 e. The van der Waals surface area contributed by atoms with E-state index in [9.17, 15) is 8.42 Å². The quantitative estimate of drug-likeness (QED) is 0.677. The third-order valence-electron chi connectivity index (χ3n) is 3.29. The van der Waals surface area contributed by atoms with Crippen molar-refractivity contribution in [2.45, 2.75) is 12.2 Å². The van der Waals surface area contributed by atoms with Gasteiger partial charge in [0, 0.05) is 6.42 Å². The number of fused-ring (bicyclic) bond motifs is 1. The van der Waals surface area contributed by atoms with Gasteiger partial charge in [-0.3, -0.25) is 4.18 Å². The lowest BCUT2D eigenvalue weighted by Crippen LogP contribution is -2.05. The molecule has 0 N–H and O–H groups in total. The number of benzene rings is 2. The van der Waals surface area contributed by atoms with Gasteiger partial charge in [-0.1, -0.05) is 36.4 Å². The monoisotopic (exact) mass is 317 g/mol. The van der Waals surface area contributed by atoms with Gasteiger partial charge in [0.1, 0.15) is 11.3 Å². The van der Waals surface area contributed by atoms with Gasteiger partial charge in [0.2, 0.25) is 0 Å². The molecule has 6 heteroatoms. The third kappa shape index (κ3) is 3.35. The van der Waals surface area contributed by atoms with Crippen molar-refractivity contribution in [3.63, 3.8) is 0 Å². The Labute approximate surface area is 128 Å². The van der Waals surface area contributed by atoms with Crippen LogP contribution in [0.15, 0.2) is 52.9 Å². The molecule has 0 aliphatic rings. The summed E-state index contributed by atoms with van der Waals surface area (Å²) in [5, 5.41) is 0. The molecule has 22 heavy (non-hydrogen) atoms. The van der Waals surface area contributed by atoms with E-state index < -0.39 is 10.1 Å². The zero-order valence-electron chi connectivity index (χ0n) is 12.0. The highest BCUT2D eigenvalue weighted by molar-refractivity contribution is 7.85. The molecule has 3 aromatic rings. The topological polar surface area (TPSA) is 69.4 Å². The summed E-state index contributed by atoms with van der Waals surface area (Å²) in [7, 11) is -2.39. The molecule has 0 spiro atoms. The first kappa shape index (κ1) is 14.7. The van der Waals surface area contributed by atoms with Crippen LogP contribution in [0.2, 0.25) is 0 Å². The minimum Gasteiger partial charge on any atom is -0.440 e. The molecule has 0 bridgehead atoms. The summed E-state index contributed by atoms with van der Waals surface area (Å²) in [6, 6.07) is 15.0. The highest BCUT2D eigenvalue weighted by Gasteiger charge is 2.13. The van der Waals surface area contributed by atoms with Crippen molar-refractivity contribution in [3.8, 4) is 0 Å². The molecule has 0 fully saturated rings. The minimum atomic E-state index is -3.54. The molecular weight excluding hydrogens is 302 g/mol. The lowest BCUT2D eigenvalue weighted by atomic mass is 10.1. The lowest BCUT2D eigenvalue weighted by molar-refractivity contribution is 0.397. The summed E-state index contributed by atoms with van der Waals surface area (Å²) in [6.07, 6.45) is 0.598. The Morgan fingerprint density at radius 1 is 1.09 bits per heavy atom. The number of aromatic nitrogens is 1. The van der Waals surface area contributed by atoms with Crippen LogP contribution in [-0.4, -0.2) is 20.5 Å². The fraction of sp³-hybridized carbons (Fsp3) is 0.188. The first-order valence-electron chi connectivity index (χ1n) is 6.76. The van der Waals surface area contributed by atoms with Crippen molar-refractivity contribution in [3.05, 3.63) is 65.5 Å². The summed E-state index contributed by atoms with van der Waals surface area (Å²) in [6.45, 7) is 0. The Kier molecular flexibility index (Phi) is 3.96. The van der Waals surface area contributed by atoms with Crippen molar-refractivity contribution < 1.29 is 17.0 Å². The molecule has 2 aromatic carbocycles. The van der Waals surface area contributed by atoms with Crippen LogP contribution in [-0.2, 0) is 26.5 Å². The first-order chi connectivity index (χ1) is 10.6. The number of nitrogens with zero attached hydrogens (tertiary/aromatic N) is 1. The van der Waals surface area contributed by atoms with E-state index in [4.69, 9.17) is 4.42 Å². The molecule has 0 amide bonds. The van der Waals surface area contributed by atoms with Crippen LogP contribution >= 0.6 is 0 Å². The fourth-order valence-corrected chi connectivity index (χ4v) is 2.93. The Hall–Kier alpha value is -2.18. The zero-order valence-corrected chi connectivity index (χ0v) is 12.8. The van der Waals surface area contributed by atoms with Gasteiger partial charge in [0.05, 0.1) is 7.11 Å². The SMILES string of the molecule is COS(=O)(=O)Cc1ccc2oc(Cc3ccccc3)nc2c1. The van der Waals surface area contributed by atoms with E-state index in [-0.39, 0.29) is 5.75 Å². The maximum absolute atomic E-state index is 11.5. The molecule has 0 radical (unpaired) electrons. The van der Waals surface area contributed by atoms with Gasteiger partial charge >= 0.3 is 0 Å². The maximum atomic E-state index is 11.5. The Bertz CT molecular complexity index is 885. The Morgan fingerprint density at radius 3 is 2.59 bits per heavy atom. The fourth-order valence-electron chi connectivity index (χ4n) is 2.22. The van der Waals surface area contributed by atoms with Crippen molar-refractivity contribution in [1.29, 1.82) is 0 Å². The standard InChI is InChI=1S/C16H15NO4S/c1-20-22(18,19)11-13-7-8-15-14(9-13)17-16(21-15)10-12-5-3-2-4-6-12/h2-9H,10-11H2,1H3. The van der Waals surface area contributed by atoms with Crippen LogP contribution in [0.25, 0.3) is 11.1 Å². The predicted molar refractivity (Wildman–Crippen MR) is 82.9 cm³/mol. The third-order valence-corrected chi connectivity index (χ3v) is 4.49. The van der Waals surface area contributed by atoms with E-state index in [1.165, 1.54) is 0 Å². The average Bonchev–Trinajstić information content (AvgIpc) is 2.89. The molecule has 3 rings (SSSR count). The van der Waals surface area contributed by atoms with Crippen LogP contribution in [0.1, 0.15) is 17.0 Å². The first-order valence-corrected chi connectivity index (χ1v) is 8.34. The molecule has 5 nitrogen and oxygen atoms in total. The molecule has 0 unspecified atom stereocenters. The van der Waals surface area contributed by atoms with Crippen LogP contribution in [0, 0.1) is 0 Å². The molecule has 114 valence electrons. The lowest BCUT2D eigenvalue weighted by Gasteiger charge is -2.00. The van der Waals surface area contributed by atoms with E-state index in [0.717, 1.165) is 12.7 Å². The van der Waals surface area contributed by atoms with Crippen LogP contribution in [0.4, 0.5) is 0 Å². The molecule has 1 heterocycles. The molecule has 0 saturated heterocycles. The van der Waals surface area contributed by atoms with Gasteiger partial charge < -0.3 is 4.42 Å². The summed E-state index contributed by atoms with van der Waals surface area (Å²) in [5.74, 6) is 0.424. The van der Waals surface area contributed by atoms with Crippen molar-refractivity contribution in [2.24, 2.45) is 0 Å². The summed E-state index contributed by atoms with van der Waals surface area (Å²) in [4.78, 5) is 4.42. The van der Waals surface area contributed by atoms with E-state index in [1.807, 2.05) is 30.3 Å². The molecule has 0 aliphatic heterocycles. The minimum absolute atomic E-state index is 0.180. The average molecular weight is 317 g/mol. The molecule has 1 aromatic heterocycles.